The van der Waals surface area contributed by atoms with Crippen LogP contribution in [0.15, 0.2) is 170 Å². The molecule has 69 heavy (non-hydrogen) atoms. The van der Waals surface area contributed by atoms with Gasteiger partial charge in [0.05, 0.1) is 11.4 Å². The maximum atomic E-state index is 2.65. The number of fused-ring (bicyclic) bond motifs is 5. The van der Waals surface area contributed by atoms with Gasteiger partial charge < -0.3 is 9.80 Å². The lowest BCUT2D eigenvalue weighted by atomic mass is 9.65. The Morgan fingerprint density at radius 2 is 0.870 bits per heavy atom. The summed E-state index contributed by atoms with van der Waals surface area (Å²) in [5.41, 5.74) is 15.7. The lowest BCUT2D eigenvalue weighted by Gasteiger charge is -2.39. The molecule has 2 unspecified atom stereocenters. The van der Waals surface area contributed by atoms with Crippen molar-refractivity contribution in [3.8, 4) is 11.1 Å². The molecule has 2 atom stereocenters. The molecule has 0 aromatic heterocycles. The first kappa shape index (κ1) is 47.9. The van der Waals surface area contributed by atoms with E-state index in [4.69, 9.17) is 0 Å². The average Bonchev–Trinajstić information content (AvgIpc) is 3.64. The molecule has 2 heteroatoms. The summed E-state index contributed by atoms with van der Waals surface area (Å²) in [4.78, 5) is 5.10. The summed E-state index contributed by atoms with van der Waals surface area (Å²) in [7, 11) is 0. The van der Waals surface area contributed by atoms with Gasteiger partial charge in [0.1, 0.15) is 0 Å². The van der Waals surface area contributed by atoms with Gasteiger partial charge in [-0.2, -0.15) is 0 Å². The number of hydrogen-bond donors (Lipinski definition) is 0. The second-order valence-corrected chi connectivity index (χ2v) is 21.3. The van der Waals surface area contributed by atoms with Gasteiger partial charge in [-0.1, -0.05) is 216 Å². The average molecular weight is 909 g/mol. The Labute approximate surface area is 415 Å². The number of anilines is 6. The van der Waals surface area contributed by atoms with Crippen molar-refractivity contribution < 1.29 is 0 Å². The quantitative estimate of drug-likeness (QED) is 0.0798. The van der Waals surface area contributed by atoms with Gasteiger partial charge in [-0.3, -0.25) is 0 Å². The lowest BCUT2D eigenvalue weighted by molar-refractivity contribution is 0.266. The van der Waals surface area contributed by atoms with Gasteiger partial charge in [-0.05, 0) is 141 Å². The number of benzene rings is 8. The van der Waals surface area contributed by atoms with Crippen LogP contribution in [0.3, 0.4) is 0 Å². The zero-order chi connectivity index (χ0) is 48.1. The third-order valence-electron chi connectivity index (χ3n) is 15.8. The summed E-state index contributed by atoms with van der Waals surface area (Å²) >= 11 is 0. The van der Waals surface area contributed by atoms with Crippen LogP contribution >= 0.6 is 0 Å². The normalized spacial score (nSPS) is 15.2. The summed E-state index contributed by atoms with van der Waals surface area (Å²) in [5, 5.41) is 5.04. The van der Waals surface area contributed by atoms with E-state index in [1.807, 2.05) is 0 Å². The van der Waals surface area contributed by atoms with Crippen molar-refractivity contribution in [2.75, 3.05) is 9.80 Å². The second kappa shape index (κ2) is 20.9. The van der Waals surface area contributed by atoms with Crippen molar-refractivity contribution in [3.05, 3.63) is 192 Å². The Morgan fingerprint density at radius 1 is 0.449 bits per heavy atom. The van der Waals surface area contributed by atoms with Crippen molar-refractivity contribution in [2.24, 2.45) is 11.8 Å². The fraction of sp³-hybridized carbons (Fsp3) is 0.343. The molecule has 0 aliphatic heterocycles. The molecule has 0 heterocycles. The molecule has 0 bridgehead atoms. The van der Waals surface area contributed by atoms with Crippen molar-refractivity contribution >= 4 is 55.7 Å². The Hall–Kier alpha value is -6.12. The first-order valence-electron chi connectivity index (χ1n) is 26.6. The third-order valence-corrected chi connectivity index (χ3v) is 15.8. The molecule has 0 spiro atoms. The fourth-order valence-corrected chi connectivity index (χ4v) is 11.8. The van der Waals surface area contributed by atoms with Crippen LogP contribution in [0.2, 0.25) is 0 Å². The van der Waals surface area contributed by atoms with Crippen LogP contribution in [-0.4, -0.2) is 0 Å². The summed E-state index contributed by atoms with van der Waals surface area (Å²) < 4.78 is 0. The minimum Gasteiger partial charge on any atom is -0.310 e. The van der Waals surface area contributed by atoms with Gasteiger partial charge in [0, 0.05) is 38.9 Å². The Bertz CT molecular complexity index is 2960. The second-order valence-electron chi connectivity index (χ2n) is 21.3. The van der Waals surface area contributed by atoms with Gasteiger partial charge in [0.2, 0.25) is 0 Å². The van der Waals surface area contributed by atoms with Crippen LogP contribution in [0.1, 0.15) is 142 Å². The highest BCUT2D eigenvalue weighted by Gasteiger charge is 2.46. The van der Waals surface area contributed by atoms with Crippen LogP contribution in [0.25, 0.3) is 32.7 Å². The highest BCUT2D eigenvalue weighted by atomic mass is 15.1. The van der Waals surface area contributed by atoms with E-state index in [0.29, 0.717) is 11.8 Å². The topological polar surface area (TPSA) is 6.48 Å². The van der Waals surface area contributed by atoms with Gasteiger partial charge in [-0.25, -0.2) is 0 Å². The molecule has 2 nitrogen and oxygen atoms in total. The molecule has 0 saturated heterocycles. The molecule has 0 radical (unpaired) electrons. The van der Waals surface area contributed by atoms with Crippen LogP contribution in [0.4, 0.5) is 34.1 Å². The molecule has 1 aliphatic rings. The highest BCUT2D eigenvalue weighted by Crippen LogP contribution is 2.59. The van der Waals surface area contributed by atoms with Crippen molar-refractivity contribution in [2.45, 2.75) is 137 Å². The van der Waals surface area contributed by atoms with E-state index in [9.17, 15) is 0 Å². The molecule has 0 saturated carbocycles. The standard InChI is InChI=1S/C67H76N2/c1-9-14-22-49(12-4)46-67(47-50(13-5)23-15-10-2)62-44-56(68(54-36-32-48(11-3)33-37-54)64-30-20-26-51-24-16-18-28-58(51)64)40-42-60(62)61-43-41-57(45-63(61)67)69(55-38-34-53(35-39-55)66(6,7)8)65-31-21-27-52-25-17-19-29-59(52)65/h16-21,24-45,49-50H,9-15,22-23,46-47H2,1-8H3. The van der Waals surface area contributed by atoms with Gasteiger partial charge in [0.15, 0.2) is 0 Å². The van der Waals surface area contributed by atoms with E-state index in [2.05, 4.69) is 235 Å². The molecule has 0 N–H and O–H groups in total. The van der Waals surface area contributed by atoms with Gasteiger partial charge in [0.25, 0.3) is 0 Å². The monoisotopic (exact) mass is 909 g/mol. The molecule has 8 aromatic rings. The molecule has 0 fully saturated rings. The first-order valence-corrected chi connectivity index (χ1v) is 26.6. The minimum atomic E-state index is -0.184. The van der Waals surface area contributed by atoms with Crippen LogP contribution < -0.4 is 9.80 Å². The first-order chi connectivity index (χ1) is 33.6. The predicted molar refractivity (Wildman–Crippen MR) is 301 cm³/mol. The summed E-state index contributed by atoms with van der Waals surface area (Å²) in [5.74, 6) is 1.21. The summed E-state index contributed by atoms with van der Waals surface area (Å²) in [6.45, 7) is 18.8. The van der Waals surface area contributed by atoms with E-state index in [0.717, 1.165) is 19.3 Å². The van der Waals surface area contributed by atoms with Crippen LogP contribution in [0.5, 0.6) is 0 Å². The van der Waals surface area contributed by atoms with Crippen LogP contribution in [0, 0.1) is 11.8 Å². The van der Waals surface area contributed by atoms with Gasteiger partial charge >= 0.3 is 0 Å². The summed E-state index contributed by atoms with van der Waals surface area (Å²) in [6.07, 6.45) is 13.2. The van der Waals surface area contributed by atoms with Crippen molar-refractivity contribution in [3.63, 3.8) is 0 Å². The number of unbranched alkanes of at least 4 members (excludes halogenated alkanes) is 2. The smallest absolute Gasteiger partial charge is 0.0540 e. The maximum Gasteiger partial charge on any atom is 0.0540 e. The molecule has 8 aromatic carbocycles. The van der Waals surface area contributed by atoms with E-state index >= 15 is 0 Å². The number of hydrogen-bond acceptors (Lipinski definition) is 2. The van der Waals surface area contributed by atoms with E-state index in [1.165, 1.54) is 140 Å². The number of aryl methyl sites for hydroxylation is 1. The largest absolute Gasteiger partial charge is 0.310 e. The minimum absolute atomic E-state index is 0.0595. The molecule has 9 rings (SSSR count). The van der Waals surface area contributed by atoms with Gasteiger partial charge in [-0.15, -0.1) is 0 Å². The molecule has 354 valence electrons. The SMILES string of the molecule is CCCCC(CC)CC1(CC(CC)CCCC)c2cc(N(c3ccc(CC)cc3)c3cccc4ccccc34)ccc2-c2ccc(N(c3ccc(C(C)(C)C)cc3)c3cccc4ccccc34)cc21. The molecular formula is C67H76N2. The van der Waals surface area contributed by atoms with E-state index in [-0.39, 0.29) is 10.8 Å². The fourth-order valence-electron chi connectivity index (χ4n) is 11.8. The van der Waals surface area contributed by atoms with Crippen molar-refractivity contribution in [1.82, 2.24) is 0 Å². The summed E-state index contributed by atoms with van der Waals surface area (Å²) in [6, 6.07) is 65.3. The molecular weight excluding hydrogens is 833 g/mol. The Morgan fingerprint density at radius 3 is 1.29 bits per heavy atom. The predicted octanol–water partition coefficient (Wildman–Crippen LogP) is 20.3. The Balaban J connectivity index is 1.31. The molecule has 0 amide bonds. The van der Waals surface area contributed by atoms with Crippen molar-refractivity contribution in [1.29, 1.82) is 0 Å². The zero-order valence-electron chi connectivity index (χ0n) is 43.0. The number of rotatable bonds is 19. The van der Waals surface area contributed by atoms with E-state index in [1.54, 1.807) is 0 Å². The Kier molecular flexibility index (Phi) is 14.5. The zero-order valence-corrected chi connectivity index (χ0v) is 43.0. The highest BCUT2D eigenvalue weighted by molar-refractivity contribution is 6.01. The maximum absolute atomic E-state index is 2.65. The molecule has 1 aliphatic carbocycles. The lowest BCUT2D eigenvalue weighted by Crippen LogP contribution is -2.32. The van der Waals surface area contributed by atoms with Crippen LogP contribution in [-0.2, 0) is 17.3 Å². The third kappa shape index (κ3) is 9.62. The number of nitrogens with zero attached hydrogens (tertiary/aromatic N) is 2. The van der Waals surface area contributed by atoms with E-state index < -0.39 is 0 Å².